The molecular weight excluding hydrogens is 238 g/mol. The zero-order valence-electron chi connectivity index (χ0n) is 10.7. The number of aromatic nitrogens is 2. The Kier molecular flexibility index (Phi) is 6.31. The molecule has 2 N–H and O–H groups in total. The van der Waals surface area contributed by atoms with Crippen molar-refractivity contribution in [3.63, 3.8) is 0 Å². The van der Waals surface area contributed by atoms with Crippen LogP contribution in [0.1, 0.15) is 32.0 Å². The lowest BCUT2D eigenvalue weighted by atomic mass is 10.3. The van der Waals surface area contributed by atoms with Crippen LogP contribution in [0.5, 0.6) is 0 Å². The van der Waals surface area contributed by atoms with Crippen LogP contribution in [-0.2, 0) is 22.6 Å². The van der Waals surface area contributed by atoms with Gasteiger partial charge in [0.15, 0.2) is 5.82 Å². The number of hydrogen-bond acceptors (Lipinski definition) is 6. The van der Waals surface area contributed by atoms with E-state index in [1.54, 1.807) is 6.92 Å². The number of hydrogen-bond donors (Lipinski definition) is 2. The van der Waals surface area contributed by atoms with Gasteiger partial charge in [0.2, 0.25) is 5.91 Å². The molecule has 0 aliphatic carbocycles. The molecule has 1 aromatic rings. The molecule has 0 bridgehead atoms. The first-order chi connectivity index (χ1) is 8.67. The SMILES string of the molecule is CCCOC(C)C(=O)NCCc1noc(CO)n1. The molecule has 1 amide bonds. The molecule has 1 aromatic heterocycles. The second-order valence-corrected chi connectivity index (χ2v) is 3.82. The van der Waals surface area contributed by atoms with E-state index in [4.69, 9.17) is 14.4 Å². The standard InChI is InChI=1S/C11H19N3O4/c1-3-6-17-8(2)11(16)12-5-4-9-13-10(7-15)18-14-9/h8,15H,3-7H2,1-2H3,(H,12,16). The largest absolute Gasteiger partial charge is 0.387 e. The Hall–Kier alpha value is -1.47. The first-order valence-corrected chi connectivity index (χ1v) is 5.99. The number of rotatable bonds is 8. The van der Waals surface area contributed by atoms with Gasteiger partial charge < -0.3 is 19.7 Å². The summed E-state index contributed by atoms with van der Waals surface area (Å²) in [5, 5.41) is 15.1. The van der Waals surface area contributed by atoms with E-state index < -0.39 is 6.10 Å². The number of aliphatic hydroxyl groups is 1. The van der Waals surface area contributed by atoms with Gasteiger partial charge in [-0.2, -0.15) is 4.98 Å². The van der Waals surface area contributed by atoms with E-state index >= 15 is 0 Å². The van der Waals surface area contributed by atoms with Crippen molar-refractivity contribution >= 4 is 5.91 Å². The van der Waals surface area contributed by atoms with Crippen molar-refractivity contribution < 1.29 is 19.2 Å². The van der Waals surface area contributed by atoms with Gasteiger partial charge in [-0.25, -0.2) is 0 Å². The summed E-state index contributed by atoms with van der Waals surface area (Å²) in [6.07, 6.45) is 0.878. The van der Waals surface area contributed by atoms with E-state index in [9.17, 15) is 4.79 Å². The fourth-order valence-corrected chi connectivity index (χ4v) is 1.27. The number of carbonyl (C=O) groups excluding carboxylic acids is 1. The molecule has 18 heavy (non-hydrogen) atoms. The van der Waals surface area contributed by atoms with E-state index in [0.717, 1.165) is 6.42 Å². The lowest BCUT2D eigenvalue weighted by Crippen LogP contribution is -2.35. The van der Waals surface area contributed by atoms with Crippen LogP contribution in [0.15, 0.2) is 4.52 Å². The molecule has 0 aliphatic heterocycles. The maximum Gasteiger partial charge on any atom is 0.252 e. The second-order valence-electron chi connectivity index (χ2n) is 3.82. The molecule has 1 unspecified atom stereocenters. The number of carbonyl (C=O) groups is 1. The predicted molar refractivity (Wildman–Crippen MR) is 62.6 cm³/mol. The van der Waals surface area contributed by atoms with Gasteiger partial charge >= 0.3 is 0 Å². The van der Waals surface area contributed by atoms with Crippen molar-refractivity contribution in [2.24, 2.45) is 0 Å². The number of amides is 1. The highest BCUT2D eigenvalue weighted by Gasteiger charge is 2.12. The van der Waals surface area contributed by atoms with E-state index in [1.807, 2.05) is 6.92 Å². The van der Waals surface area contributed by atoms with Crippen LogP contribution in [0.2, 0.25) is 0 Å². The quantitative estimate of drug-likeness (QED) is 0.682. The average molecular weight is 257 g/mol. The molecule has 1 atom stereocenters. The summed E-state index contributed by atoms with van der Waals surface area (Å²) in [7, 11) is 0. The fourth-order valence-electron chi connectivity index (χ4n) is 1.27. The lowest BCUT2D eigenvalue weighted by Gasteiger charge is -2.11. The first kappa shape index (κ1) is 14.6. The summed E-state index contributed by atoms with van der Waals surface area (Å²) in [4.78, 5) is 15.5. The third kappa shape index (κ3) is 4.80. The maximum atomic E-state index is 11.6. The highest BCUT2D eigenvalue weighted by Crippen LogP contribution is 1.97. The van der Waals surface area contributed by atoms with Gasteiger partial charge in [0, 0.05) is 19.6 Å². The van der Waals surface area contributed by atoms with Crippen molar-refractivity contribution in [2.45, 2.75) is 39.4 Å². The van der Waals surface area contributed by atoms with Gasteiger partial charge in [0.25, 0.3) is 5.89 Å². The Labute approximate surface area is 106 Å². The molecule has 0 saturated heterocycles. The summed E-state index contributed by atoms with van der Waals surface area (Å²) < 4.78 is 10.0. The van der Waals surface area contributed by atoms with Crippen molar-refractivity contribution in [3.8, 4) is 0 Å². The Morgan fingerprint density at radius 2 is 2.39 bits per heavy atom. The van der Waals surface area contributed by atoms with Crippen LogP contribution >= 0.6 is 0 Å². The highest BCUT2D eigenvalue weighted by atomic mass is 16.5. The molecule has 0 fully saturated rings. The molecule has 0 saturated carbocycles. The highest BCUT2D eigenvalue weighted by molar-refractivity contribution is 5.80. The summed E-state index contributed by atoms with van der Waals surface area (Å²) in [6.45, 7) is 4.40. The second kappa shape index (κ2) is 7.78. The third-order valence-electron chi connectivity index (χ3n) is 2.23. The normalized spacial score (nSPS) is 12.4. The third-order valence-corrected chi connectivity index (χ3v) is 2.23. The molecule has 1 heterocycles. The number of nitrogens with one attached hydrogen (secondary N) is 1. The van der Waals surface area contributed by atoms with E-state index in [0.29, 0.717) is 25.4 Å². The van der Waals surface area contributed by atoms with Gasteiger partial charge in [-0.3, -0.25) is 4.79 Å². The van der Waals surface area contributed by atoms with E-state index in [-0.39, 0.29) is 18.4 Å². The van der Waals surface area contributed by atoms with E-state index in [1.165, 1.54) is 0 Å². The van der Waals surface area contributed by atoms with Gasteiger partial charge in [-0.1, -0.05) is 12.1 Å². The molecule has 1 rings (SSSR count). The summed E-state index contributed by atoms with van der Waals surface area (Å²) >= 11 is 0. The lowest BCUT2D eigenvalue weighted by molar-refractivity contribution is -0.131. The monoisotopic (exact) mass is 257 g/mol. The first-order valence-electron chi connectivity index (χ1n) is 5.99. The zero-order chi connectivity index (χ0) is 13.4. The van der Waals surface area contributed by atoms with Crippen molar-refractivity contribution in [3.05, 3.63) is 11.7 Å². The zero-order valence-corrected chi connectivity index (χ0v) is 10.7. The van der Waals surface area contributed by atoms with Crippen molar-refractivity contribution in [2.75, 3.05) is 13.2 Å². The molecular formula is C11H19N3O4. The van der Waals surface area contributed by atoms with Crippen LogP contribution in [-0.4, -0.2) is 40.4 Å². The van der Waals surface area contributed by atoms with Crippen LogP contribution in [0.3, 0.4) is 0 Å². The minimum atomic E-state index is -0.455. The minimum Gasteiger partial charge on any atom is -0.387 e. The van der Waals surface area contributed by atoms with Crippen LogP contribution in [0, 0.1) is 0 Å². The summed E-state index contributed by atoms with van der Waals surface area (Å²) in [5.41, 5.74) is 0. The van der Waals surface area contributed by atoms with Gasteiger partial charge in [0.05, 0.1) is 0 Å². The van der Waals surface area contributed by atoms with Gasteiger partial charge in [-0.15, -0.1) is 0 Å². The van der Waals surface area contributed by atoms with Gasteiger partial charge in [0.1, 0.15) is 12.7 Å². The molecule has 0 aliphatic rings. The number of aliphatic hydroxyl groups excluding tert-OH is 1. The smallest absolute Gasteiger partial charge is 0.252 e. The van der Waals surface area contributed by atoms with Crippen molar-refractivity contribution in [1.82, 2.24) is 15.5 Å². The molecule has 0 radical (unpaired) electrons. The predicted octanol–water partition coefficient (Wildman–Crippen LogP) is 0.0357. The van der Waals surface area contributed by atoms with Crippen LogP contribution in [0.25, 0.3) is 0 Å². The van der Waals surface area contributed by atoms with Gasteiger partial charge in [-0.05, 0) is 13.3 Å². The summed E-state index contributed by atoms with van der Waals surface area (Å²) in [5.74, 6) is 0.478. The molecule has 0 aromatic carbocycles. The Morgan fingerprint density at radius 1 is 1.61 bits per heavy atom. The minimum absolute atomic E-state index is 0.158. The topological polar surface area (TPSA) is 97.5 Å². The molecule has 102 valence electrons. The Bertz CT molecular complexity index is 367. The van der Waals surface area contributed by atoms with E-state index in [2.05, 4.69) is 15.5 Å². The molecule has 7 heteroatoms. The fraction of sp³-hybridized carbons (Fsp3) is 0.727. The molecule has 7 nitrogen and oxygen atoms in total. The Morgan fingerprint density at radius 3 is 3.00 bits per heavy atom. The number of ether oxygens (including phenoxy) is 1. The average Bonchev–Trinajstić information content (AvgIpc) is 2.83. The summed E-state index contributed by atoms with van der Waals surface area (Å²) in [6, 6.07) is 0. The Balaban J connectivity index is 2.22. The van der Waals surface area contributed by atoms with Crippen LogP contribution in [0.4, 0.5) is 0 Å². The van der Waals surface area contributed by atoms with Crippen LogP contribution < -0.4 is 5.32 Å². The number of nitrogens with zero attached hydrogens (tertiary/aromatic N) is 2. The maximum absolute atomic E-state index is 11.6. The molecule has 0 spiro atoms. The van der Waals surface area contributed by atoms with Crippen molar-refractivity contribution in [1.29, 1.82) is 0 Å².